The van der Waals surface area contributed by atoms with Crippen molar-refractivity contribution in [1.29, 1.82) is 0 Å². The van der Waals surface area contributed by atoms with Crippen LogP contribution < -0.4 is 10.2 Å². The van der Waals surface area contributed by atoms with Crippen molar-refractivity contribution < 1.29 is 0 Å². The van der Waals surface area contributed by atoms with Crippen molar-refractivity contribution in [2.75, 3.05) is 23.3 Å². The molecule has 1 N–H and O–H groups in total. The molecule has 2 nitrogen and oxygen atoms in total. The van der Waals surface area contributed by atoms with Crippen LogP contribution in [0.1, 0.15) is 12.0 Å². The van der Waals surface area contributed by atoms with Crippen molar-refractivity contribution in [3.8, 4) is 0 Å². The van der Waals surface area contributed by atoms with Crippen LogP contribution in [0.3, 0.4) is 0 Å². The van der Waals surface area contributed by atoms with E-state index in [1.165, 1.54) is 22.6 Å². The molecule has 98 valence electrons. The van der Waals surface area contributed by atoms with Gasteiger partial charge in [0.05, 0.1) is 11.4 Å². The van der Waals surface area contributed by atoms with Crippen LogP contribution in [-0.2, 0) is 0 Å². The Labute approximate surface area is 122 Å². The molecule has 0 spiro atoms. The molecule has 0 aromatic heterocycles. The second-order valence-corrected chi connectivity index (χ2v) is 5.80. The fraction of sp³-hybridized carbons (Fsp3) is 0.250. The molecule has 0 unspecified atom stereocenters. The van der Waals surface area contributed by atoms with Gasteiger partial charge in [0.25, 0.3) is 0 Å². The number of hydrogen-bond donors (Lipinski definition) is 1. The fourth-order valence-electron chi connectivity index (χ4n) is 2.61. The van der Waals surface area contributed by atoms with Crippen LogP contribution in [0, 0.1) is 6.92 Å². The Balaban J connectivity index is 2.09. The molecule has 0 amide bonds. The Morgan fingerprint density at radius 2 is 1.95 bits per heavy atom. The molecule has 19 heavy (non-hydrogen) atoms. The van der Waals surface area contributed by atoms with E-state index in [1.54, 1.807) is 0 Å². The standard InChI is InChI=1S/C16H17BrN2/c1-12-11-13(17)7-8-15(12)19-10-4-9-18-14-5-2-3-6-16(14)19/h2-3,5-8,11,18H,4,9-10H2,1H3. The van der Waals surface area contributed by atoms with Crippen molar-refractivity contribution in [3.05, 3.63) is 52.5 Å². The summed E-state index contributed by atoms with van der Waals surface area (Å²) in [6.45, 7) is 4.25. The second-order valence-electron chi connectivity index (χ2n) is 4.88. The number of fused-ring (bicyclic) bond motifs is 1. The number of hydrogen-bond acceptors (Lipinski definition) is 2. The van der Waals surface area contributed by atoms with Gasteiger partial charge in [-0.05, 0) is 49.2 Å². The van der Waals surface area contributed by atoms with Crippen LogP contribution in [0.2, 0.25) is 0 Å². The van der Waals surface area contributed by atoms with E-state index >= 15 is 0 Å². The first kappa shape index (κ1) is 12.5. The van der Waals surface area contributed by atoms with Gasteiger partial charge in [0, 0.05) is 23.2 Å². The van der Waals surface area contributed by atoms with Crippen molar-refractivity contribution in [2.45, 2.75) is 13.3 Å². The average Bonchev–Trinajstić information content (AvgIpc) is 2.61. The van der Waals surface area contributed by atoms with E-state index in [2.05, 4.69) is 75.5 Å². The summed E-state index contributed by atoms with van der Waals surface area (Å²) in [5.74, 6) is 0. The fourth-order valence-corrected chi connectivity index (χ4v) is 3.09. The number of benzene rings is 2. The number of nitrogens with zero attached hydrogens (tertiary/aromatic N) is 1. The maximum absolute atomic E-state index is 3.54. The lowest BCUT2D eigenvalue weighted by Gasteiger charge is -2.26. The molecule has 1 aliphatic heterocycles. The quantitative estimate of drug-likeness (QED) is 0.819. The van der Waals surface area contributed by atoms with Crippen LogP contribution in [0.4, 0.5) is 17.1 Å². The molecule has 0 radical (unpaired) electrons. The maximum Gasteiger partial charge on any atom is 0.0646 e. The van der Waals surface area contributed by atoms with Crippen molar-refractivity contribution in [1.82, 2.24) is 0 Å². The summed E-state index contributed by atoms with van der Waals surface area (Å²) >= 11 is 3.54. The van der Waals surface area contributed by atoms with Gasteiger partial charge in [-0.1, -0.05) is 28.1 Å². The molecule has 3 heteroatoms. The van der Waals surface area contributed by atoms with Gasteiger partial charge in [-0.2, -0.15) is 0 Å². The summed E-state index contributed by atoms with van der Waals surface area (Å²) in [6.07, 6.45) is 1.14. The van der Waals surface area contributed by atoms with Crippen LogP contribution in [-0.4, -0.2) is 13.1 Å². The average molecular weight is 317 g/mol. The number of halogens is 1. The Kier molecular flexibility index (Phi) is 3.47. The zero-order valence-corrected chi connectivity index (χ0v) is 12.6. The number of anilines is 3. The van der Waals surface area contributed by atoms with Gasteiger partial charge in [0.1, 0.15) is 0 Å². The van der Waals surface area contributed by atoms with Crippen molar-refractivity contribution in [2.24, 2.45) is 0 Å². The molecular weight excluding hydrogens is 300 g/mol. The molecule has 3 rings (SSSR count). The van der Waals surface area contributed by atoms with Crippen molar-refractivity contribution in [3.63, 3.8) is 0 Å². The lowest BCUT2D eigenvalue weighted by Crippen LogP contribution is -2.18. The molecule has 2 aromatic rings. The third kappa shape index (κ3) is 2.47. The SMILES string of the molecule is Cc1cc(Br)ccc1N1CCCNc2ccccc21. The summed E-state index contributed by atoms with van der Waals surface area (Å²) < 4.78 is 1.13. The van der Waals surface area contributed by atoms with Gasteiger partial charge in [-0.15, -0.1) is 0 Å². The van der Waals surface area contributed by atoms with Gasteiger partial charge in [-0.3, -0.25) is 0 Å². The van der Waals surface area contributed by atoms with Crippen molar-refractivity contribution >= 4 is 33.0 Å². The summed E-state index contributed by atoms with van der Waals surface area (Å²) in [7, 11) is 0. The summed E-state index contributed by atoms with van der Waals surface area (Å²) in [5, 5.41) is 3.50. The van der Waals surface area contributed by atoms with E-state index in [9.17, 15) is 0 Å². The Morgan fingerprint density at radius 1 is 1.11 bits per heavy atom. The smallest absolute Gasteiger partial charge is 0.0646 e. The van der Waals surface area contributed by atoms with E-state index in [0.717, 1.165) is 24.0 Å². The molecule has 2 aromatic carbocycles. The maximum atomic E-state index is 3.54. The molecule has 1 aliphatic rings. The van der Waals surface area contributed by atoms with Gasteiger partial charge >= 0.3 is 0 Å². The summed E-state index contributed by atoms with van der Waals surface area (Å²) in [6, 6.07) is 15.0. The minimum atomic E-state index is 1.03. The molecule has 0 bridgehead atoms. The zero-order valence-electron chi connectivity index (χ0n) is 11.0. The lowest BCUT2D eigenvalue weighted by atomic mass is 10.1. The minimum Gasteiger partial charge on any atom is -0.383 e. The topological polar surface area (TPSA) is 15.3 Å². The predicted molar refractivity (Wildman–Crippen MR) is 85.4 cm³/mol. The van der Waals surface area contributed by atoms with E-state index < -0.39 is 0 Å². The third-order valence-corrected chi connectivity index (χ3v) is 4.01. The van der Waals surface area contributed by atoms with Gasteiger partial charge in [0.2, 0.25) is 0 Å². The van der Waals surface area contributed by atoms with Crippen LogP contribution in [0.25, 0.3) is 0 Å². The third-order valence-electron chi connectivity index (χ3n) is 3.52. The Morgan fingerprint density at radius 3 is 2.79 bits per heavy atom. The molecule has 0 saturated carbocycles. The lowest BCUT2D eigenvalue weighted by molar-refractivity contribution is 0.861. The normalized spacial score (nSPS) is 14.5. The molecule has 0 aliphatic carbocycles. The van der Waals surface area contributed by atoms with Gasteiger partial charge in [-0.25, -0.2) is 0 Å². The van der Waals surface area contributed by atoms with E-state index in [0.29, 0.717) is 0 Å². The van der Waals surface area contributed by atoms with E-state index in [1.807, 2.05) is 0 Å². The van der Waals surface area contributed by atoms with Crippen LogP contribution in [0.5, 0.6) is 0 Å². The summed E-state index contributed by atoms with van der Waals surface area (Å²) in [4.78, 5) is 2.41. The van der Waals surface area contributed by atoms with E-state index in [-0.39, 0.29) is 0 Å². The predicted octanol–water partition coefficient (Wildman–Crippen LogP) is 4.71. The van der Waals surface area contributed by atoms with Crippen LogP contribution in [0.15, 0.2) is 46.9 Å². The largest absolute Gasteiger partial charge is 0.383 e. The number of nitrogens with one attached hydrogen (secondary N) is 1. The van der Waals surface area contributed by atoms with Gasteiger partial charge in [0.15, 0.2) is 0 Å². The molecule has 1 heterocycles. The highest BCUT2D eigenvalue weighted by atomic mass is 79.9. The first-order valence-corrected chi connectivity index (χ1v) is 7.41. The Hall–Kier alpha value is -1.48. The molecule has 0 fully saturated rings. The summed E-state index contributed by atoms with van der Waals surface area (Å²) in [5.41, 5.74) is 5.08. The highest BCUT2D eigenvalue weighted by molar-refractivity contribution is 9.10. The molecule has 0 atom stereocenters. The monoisotopic (exact) mass is 316 g/mol. The second kappa shape index (κ2) is 5.25. The number of rotatable bonds is 1. The molecular formula is C16H17BrN2. The number of aryl methyl sites for hydroxylation is 1. The number of para-hydroxylation sites is 2. The molecule has 0 saturated heterocycles. The Bertz CT molecular complexity index is 595. The highest BCUT2D eigenvalue weighted by Gasteiger charge is 2.17. The van der Waals surface area contributed by atoms with E-state index in [4.69, 9.17) is 0 Å². The minimum absolute atomic E-state index is 1.03. The first-order valence-electron chi connectivity index (χ1n) is 6.62. The zero-order chi connectivity index (χ0) is 13.2. The van der Waals surface area contributed by atoms with Crippen LogP contribution >= 0.6 is 15.9 Å². The first-order chi connectivity index (χ1) is 9.25. The van der Waals surface area contributed by atoms with Gasteiger partial charge < -0.3 is 10.2 Å². The highest BCUT2D eigenvalue weighted by Crippen LogP contribution is 2.36.